The lowest BCUT2D eigenvalue weighted by Crippen LogP contribution is -2.06. The molecule has 0 fully saturated rings. The second kappa shape index (κ2) is 5.80. The number of alkyl halides is 3. The van der Waals surface area contributed by atoms with Crippen LogP contribution in [0.5, 0.6) is 0 Å². The number of halogens is 3. The van der Waals surface area contributed by atoms with Crippen molar-refractivity contribution in [2.45, 2.75) is 6.18 Å². The Balaban J connectivity index is 1.99. The standard InChI is InChI=1S/C16H9F3N2O3/c17-16(18,19)12-4-2-1-3-11(12)14-21-20-13(24-14)9-5-7-10(8-6-9)15(22)23/h1-8H,(H,22,23). The van der Waals surface area contributed by atoms with Crippen LogP contribution in [0.1, 0.15) is 15.9 Å². The Morgan fingerprint density at radius 2 is 1.58 bits per heavy atom. The summed E-state index contributed by atoms with van der Waals surface area (Å²) in [6.45, 7) is 0. The minimum absolute atomic E-state index is 0.00100. The van der Waals surface area contributed by atoms with E-state index in [2.05, 4.69) is 10.2 Å². The zero-order chi connectivity index (χ0) is 17.3. The van der Waals surface area contributed by atoms with Crippen LogP contribution >= 0.6 is 0 Å². The molecule has 0 amide bonds. The second-order valence-corrected chi connectivity index (χ2v) is 4.84. The topological polar surface area (TPSA) is 76.2 Å². The quantitative estimate of drug-likeness (QED) is 0.780. The summed E-state index contributed by atoms with van der Waals surface area (Å²) in [7, 11) is 0. The van der Waals surface area contributed by atoms with E-state index in [9.17, 15) is 18.0 Å². The van der Waals surface area contributed by atoms with Gasteiger partial charge in [0.25, 0.3) is 0 Å². The summed E-state index contributed by atoms with van der Waals surface area (Å²) in [6.07, 6.45) is -4.55. The van der Waals surface area contributed by atoms with Crippen molar-refractivity contribution < 1.29 is 27.5 Å². The Hall–Kier alpha value is -3.16. The van der Waals surface area contributed by atoms with Gasteiger partial charge in [-0.2, -0.15) is 13.2 Å². The van der Waals surface area contributed by atoms with Crippen LogP contribution in [0.2, 0.25) is 0 Å². The zero-order valence-corrected chi connectivity index (χ0v) is 11.9. The molecule has 0 aliphatic rings. The van der Waals surface area contributed by atoms with Crippen molar-refractivity contribution in [3.05, 3.63) is 59.7 Å². The number of nitrogens with zero attached hydrogens (tertiary/aromatic N) is 2. The average Bonchev–Trinajstić information content (AvgIpc) is 3.04. The molecule has 3 aromatic rings. The Morgan fingerprint density at radius 1 is 0.958 bits per heavy atom. The third-order valence-electron chi connectivity index (χ3n) is 3.27. The molecule has 0 unspecified atom stereocenters. The number of hydrogen-bond donors (Lipinski definition) is 1. The van der Waals surface area contributed by atoms with E-state index in [1.165, 1.54) is 42.5 Å². The first-order valence-electron chi connectivity index (χ1n) is 6.70. The first-order chi connectivity index (χ1) is 11.4. The Morgan fingerprint density at radius 3 is 2.21 bits per heavy atom. The van der Waals surface area contributed by atoms with Gasteiger partial charge in [-0.3, -0.25) is 0 Å². The highest BCUT2D eigenvalue weighted by Gasteiger charge is 2.34. The summed E-state index contributed by atoms with van der Waals surface area (Å²) >= 11 is 0. The number of carboxylic acids is 1. The van der Waals surface area contributed by atoms with Crippen LogP contribution in [0.3, 0.4) is 0 Å². The fourth-order valence-electron chi connectivity index (χ4n) is 2.12. The van der Waals surface area contributed by atoms with Gasteiger partial charge in [-0.1, -0.05) is 12.1 Å². The van der Waals surface area contributed by atoms with E-state index >= 15 is 0 Å². The summed E-state index contributed by atoms with van der Waals surface area (Å²) in [5.41, 5.74) is -0.614. The van der Waals surface area contributed by atoms with Crippen molar-refractivity contribution >= 4 is 5.97 Å². The van der Waals surface area contributed by atoms with Gasteiger partial charge in [0, 0.05) is 5.56 Å². The third kappa shape index (κ3) is 2.98. The van der Waals surface area contributed by atoms with Crippen LogP contribution in [-0.2, 0) is 6.18 Å². The first-order valence-corrected chi connectivity index (χ1v) is 6.70. The van der Waals surface area contributed by atoms with Gasteiger partial charge in [-0.05, 0) is 36.4 Å². The maximum atomic E-state index is 13.0. The van der Waals surface area contributed by atoms with Crippen molar-refractivity contribution in [3.63, 3.8) is 0 Å². The van der Waals surface area contributed by atoms with Crippen molar-refractivity contribution in [1.29, 1.82) is 0 Å². The van der Waals surface area contributed by atoms with E-state index in [4.69, 9.17) is 9.52 Å². The smallest absolute Gasteiger partial charge is 0.417 e. The fourth-order valence-corrected chi connectivity index (χ4v) is 2.12. The predicted molar refractivity (Wildman–Crippen MR) is 77.1 cm³/mol. The van der Waals surface area contributed by atoms with Gasteiger partial charge in [0.15, 0.2) is 0 Å². The minimum atomic E-state index is -4.55. The molecule has 1 N–H and O–H groups in total. The summed E-state index contributed by atoms with van der Waals surface area (Å²) in [5.74, 6) is -1.36. The lowest BCUT2D eigenvalue weighted by molar-refractivity contribution is -0.137. The normalized spacial score (nSPS) is 11.5. The monoisotopic (exact) mass is 334 g/mol. The molecule has 0 saturated heterocycles. The summed E-state index contributed by atoms with van der Waals surface area (Å²) in [4.78, 5) is 10.8. The lowest BCUT2D eigenvalue weighted by atomic mass is 10.1. The van der Waals surface area contributed by atoms with Gasteiger partial charge in [0.05, 0.1) is 16.7 Å². The largest absolute Gasteiger partial charge is 0.478 e. The van der Waals surface area contributed by atoms with Gasteiger partial charge in [0.1, 0.15) is 0 Å². The molecule has 0 spiro atoms. The average molecular weight is 334 g/mol. The molecule has 1 aromatic heterocycles. The molecule has 122 valence electrons. The van der Waals surface area contributed by atoms with Gasteiger partial charge in [-0.15, -0.1) is 10.2 Å². The molecule has 0 radical (unpaired) electrons. The van der Waals surface area contributed by atoms with E-state index < -0.39 is 17.7 Å². The Labute approximate surface area is 133 Å². The first kappa shape index (κ1) is 15.7. The van der Waals surface area contributed by atoms with Gasteiger partial charge >= 0.3 is 12.1 Å². The van der Waals surface area contributed by atoms with Crippen LogP contribution in [-0.4, -0.2) is 21.3 Å². The number of aromatic nitrogens is 2. The van der Waals surface area contributed by atoms with E-state index in [0.29, 0.717) is 5.56 Å². The fraction of sp³-hybridized carbons (Fsp3) is 0.0625. The Kier molecular flexibility index (Phi) is 3.80. The molecule has 0 aliphatic heterocycles. The number of rotatable bonds is 3. The number of carboxylic acid groups (broad SMARTS) is 1. The van der Waals surface area contributed by atoms with Crippen molar-refractivity contribution in [1.82, 2.24) is 10.2 Å². The highest BCUT2D eigenvalue weighted by molar-refractivity contribution is 5.88. The van der Waals surface area contributed by atoms with E-state index in [1.54, 1.807) is 0 Å². The van der Waals surface area contributed by atoms with E-state index in [1.807, 2.05) is 0 Å². The molecule has 24 heavy (non-hydrogen) atoms. The van der Waals surface area contributed by atoms with Crippen LogP contribution < -0.4 is 0 Å². The van der Waals surface area contributed by atoms with Crippen molar-refractivity contribution in [2.75, 3.05) is 0 Å². The minimum Gasteiger partial charge on any atom is -0.478 e. The van der Waals surface area contributed by atoms with E-state index in [-0.39, 0.29) is 22.9 Å². The maximum absolute atomic E-state index is 13.0. The zero-order valence-electron chi connectivity index (χ0n) is 11.9. The second-order valence-electron chi connectivity index (χ2n) is 4.84. The molecule has 5 nitrogen and oxygen atoms in total. The highest BCUT2D eigenvalue weighted by Crippen LogP contribution is 2.37. The SMILES string of the molecule is O=C(O)c1ccc(-c2nnc(-c3ccccc3C(F)(F)F)o2)cc1. The van der Waals surface area contributed by atoms with Crippen LogP contribution in [0, 0.1) is 0 Å². The summed E-state index contributed by atoms with van der Waals surface area (Å²) in [5, 5.41) is 16.2. The molecule has 8 heteroatoms. The van der Waals surface area contributed by atoms with Crippen LogP contribution in [0.25, 0.3) is 22.9 Å². The molecule has 0 saturated carbocycles. The summed E-state index contributed by atoms with van der Waals surface area (Å²) < 4.78 is 44.4. The third-order valence-corrected chi connectivity index (χ3v) is 3.27. The summed E-state index contributed by atoms with van der Waals surface area (Å²) in [6, 6.07) is 10.4. The molecule has 0 bridgehead atoms. The van der Waals surface area contributed by atoms with Crippen molar-refractivity contribution in [3.8, 4) is 22.9 Å². The molecule has 1 heterocycles. The predicted octanol–water partition coefficient (Wildman–Crippen LogP) is 4.12. The molecular weight excluding hydrogens is 325 g/mol. The highest BCUT2D eigenvalue weighted by atomic mass is 19.4. The molecular formula is C16H9F3N2O3. The number of carbonyl (C=O) groups is 1. The van der Waals surface area contributed by atoms with E-state index in [0.717, 1.165) is 6.07 Å². The van der Waals surface area contributed by atoms with Gasteiger partial charge in [0.2, 0.25) is 11.8 Å². The van der Waals surface area contributed by atoms with Gasteiger partial charge < -0.3 is 9.52 Å². The lowest BCUT2D eigenvalue weighted by Gasteiger charge is -2.09. The van der Waals surface area contributed by atoms with Crippen LogP contribution in [0.15, 0.2) is 52.9 Å². The number of benzene rings is 2. The number of aromatic carboxylic acids is 1. The molecule has 2 aromatic carbocycles. The van der Waals surface area contributed by atoms with Gasteiger partial charge in [-0.25, -0.2) is 4.79 Å². The maximum Gasteiger partial charge on any atom is 0.417 e. The molecule has 3 rings (SSSR count). The number of hydrogen-bond acceptors (Lipinski definition) is 4. The Bertz CT molecular complexity index is 886. The molecule has 0 atom stereocenters. The van der Waals surface area contributed by atoms with Crippen molar-refractivity contribution in [2.24, 2.45) is 0 Å². The molecule has 0 aliphatic carbocycles. The van der Waals surface area contributed by atoms with Crippen LogP contribution in [0.4, 0.5) is 13.2 Å².